The fourth-order valence-electron chi connectivity index (χ4n) is 3.10. The van der Waals surface area contributed by atoms with E-state index in [1.165, 1.54) is 28.6 Å². The van der Waals surface area contributed by atoms with E-state index < -0.39 is 0 Å². The lowest BCUT2D eigenvalue weighted by atomic mass is 10.2. The van der Waals surface area contributed by atoms with Gasteiger partial charge in [-0.2, -0.15) is 5.10 Å². The molecule has 1 saturated heterocycles. The van der Waals surface area contributed by atoms with Crippen molar-refractivity contribution in [1.29, 1.82) is 0 Å². The number of nitrogens with zero attached hydrogens (tertiary/aromatic N) is 4. The van der Waals surface area contributed by atoms with Gasteiger partial charge >= 0.3 is 0 Å². The summed E-state index contributed by atoms with van der Waals surface area (Å²) >= 11 is 3.64. The van der Waals surface area contributed by atoms with E-state index in [0.717, 1.165) is 38.5 Å². The van der Waals surface area contributed by atoms with Crippen LogP contribution < -0.4 is 4.90 Å². The molecular formula is C18H21BrN4. The lowest BCUT2D eigenvalue weighted by Gasteiger charge is -2.35. The van der Waals surface area contributed by atoms with Crippen molar-refractivity contribution in [2.24, 2.45) is 0 Å². The molecular weight excluding hydrogens is 352 g/mol. The van der Waals surface area contributed by atoms with Crippen molar-refractivity contribution in [3.63, 3.8) is 0 Å². The van der Waals surface area contributed by atoms with E-state index in [9.17, 15) is 0 Å². The maximum atomic E-state index is 4.44. The fraction of sp³-hybridized carbons (Fsp3) is 0.444. The van der Waals surface area contributed by atoms with Gasteiger partial charge in [0.25, 0.3) is 0 Å². The van der Waals surface area contributed by atoms with E-state index >= 15 is 0 Å². The minimum Gasteiger partial charge on any atom is -0.353 e. The van der Waals surface area contributed by atoms with Crippen LogP contribution in [0.3, 0.4) is 0 Å². The van der Waals surface area contributed by atoms with Crippen molar-refractivity contribution in [2.75, 3.05) is 31.1 Å². The van der Waals surface area contributed by atoms with Gasteiger partial charge in [-0.15, -0.1) is 5.10 Å². The van der Waals surface area contributed by atoms with E-state index in [-0.39, 0.29) is 0 Å². The Hall–Kier alpha value is -1.46. The number of hydrogen-bond acceptors (Lipinski definition) is 4. The van der Waals surface area contributed by atoms with E-state index in [1.54, 1.807) is 0 Å². The van der Waals surface area contributed by atoms with Crippen LogP contribution >= 0.6 is 15.9 Å². The molecule has 0 amide bonds. The van der Waals surface area contributed by atoms with Gasteiger partial charge in [-0.1, -0.05) is 34.1 Å². The van der Waals surface area contributed by atoms with Crippen LogP contribution in [-0.4, -0.2) is 41.3 Å². The quantitative estimate of drug-likeness (QED) is 0.822. The highest BCUT2D eigenvalue weighted by atomic mass is 79.9. The third-order valence-corrected chi connectivity index (χ3v) is 5.49. The highest BCUT2D eigenvalue weighted by Gasteiger charge is 2.26. The summed E-state index contributed by atoms with van der Waals surface area (Å²) in [6, 6.07) is 12.8. The Labute approximate surface area is 145 Å². The van der Waals surface area contributed by atoms with Gasteiger partial charge in [0.05, 0.1) is 5.69 Å². The van der Waals surface area contributed by atoms with E-state index in [0.29, 0.717) is 5.92 Å². The lowest BCUT2D eigenvalue weighted by molar-refractivity contribution is 0.248. The molecule has 120 valence electrons. The number of anilines is 1. The maximum absolute atomic E-state index is 4.44. The third-order valence-electron chi connectivity index (χ3n) is 4.71. The Kier molecular flexibility index (Phi) is 4.31. The standard InChI is InChI=1S/C18H21BrN4/c19-16-4-2-1-3-15(16)13-22-9-11-23(12-10-22)18-8-7-17(20-21-18)14-5-6-14/h1-4,7-8,14H,5-6,9-13H2. The van der Waals surface area contributed by atoms with E-state index in [1.807, 2.05) is 0 Å². The van der Waals surface area contributed by atoms with Gasteiger partial charge < -0.3 is 4.90 Å². The van der Waals surface area contributed by atoms with Crippen LogP contribution in [0.5, 0.6) is 0 Å². The van der Waals surface area contributed by atoms with Crippen molar-refractivity contribution in [1.82, 2.24) is 15.1 Å². The molecule has 0 spiro atoms. The Balaban J connectivity index is 1.34. The van der Waals surface area contributed by atoms with Gasteiger partial charge in [-0.3, -0.25) is 4.90 Å². The molecule has 0 bridgehead atoms. The topological polar surface area (TPSA) is 32.3 Å². The Morgan fingerprint density at radius 2 is 1.74 bits per heavy atom. The number of hydrogen-bond donors (Lipinski definition) is 0. The van der Waals surface area contributed by atoms with Crippen LogP contribution in [0, 0.1) is 0 Å². The average Bonchev–Trinajstić information content (AvgIpc) is 3.43. The number of rotatable bonds is 4. The zero-order valence-electron chi connectivity index (χ0n) is 13.2. The first-order chi connectivity index (χ1) is 11.3. The molecule has 1 aromatic heterocycles. The molecule has 0 radical (unpaired) electrons. The summed E-state index contributed by atoms with van der Waals surface area (Å²) in [5.74, 6) is 1.70. The highest BCUT2D eigenvalue weighted by Crippen LogP contribution is 2.38. The predicted molar refractivity (Wildman–Crippen MR) is 95.6 cm³/mol. The fourth-order valence-corrected chi connectivity index (χ4v) is 3.51. The summed E-state index contributed by atoms with van der Waals surface area (Å²) in [7, 11) is 0. The molecule has 1 saturated carbocycles. The molecule has 0 N–H and O–H groups in total. The number of aromatic nitrogens is 2. The maximum Gasteiger partial charge on any atom is 0.151 e. The van der Waals surface area contributed by atoms with Crippen molar-refractivity contribution in [3.8, 4) is 0 Å². The summed E-state index contributed by atoms with van der Waals surface area (Å²) in [4.78, 5) is 4.85. The molecule has 5 heteroatoms. The summed E-state index contributed by atoms with van der Waals surface area (Å²) in [5.41, 5.74) is 2.52. The number of halogens is 1. The summed E-state index contributed by atoms with van der Waals surface area (Å²) in [6.45, 7) is 5.16. The van der Waals surface area contributed by atoms with Crippen molar-refractivity contribution < 1.29 is 0 Å². The van der Waals surface area contributed by atoms with Crippen molar-refractivity contribution >= 4 is 21.7 Å². The lowest BCUT2D eigenvalue weighted by Crippen LogP contribution is -2.46. The van der Waals surface area contributed by atoms with E-state index in [4.69, 9.17) is 0 Å². The van der Waals surface area contributed by atoms with Gasteiger partial charge in [-0.25, -0.2) is 0 Å². The second kappa shape index (κ2) is 6.57. The van der Waals surface area contributed by atoms with Gasteiger partial charge in [0.15, 0.2) is 5.82 Å². The van der Waals surface area contributed by atoms with Crippen LogP contribution in [0.15, 0.2) is 40.9 Å². The summed E-state index contributed by atoms with van der Waals surface area (Å²) in [6.07, 6.45) is 2.56. The van der Waals surface area contributed by atoms with Gasteiger partial charge in [0.1, 0.15) is 0 Å². The molecule has 2 aromatic rings. The second-order valence-electron chi connectivity index (χ2n) is 6.45. The molecule has 2 fully saturated rings. The predicted octanol–water partition coefficient (Wildman–Crippen LogP) is 3.44. The van der Waals surface area contributed by atoms with Crippen LogP contribution in [0.25, 0.3) is 0 Å². The SMILES string of the molecule is Brc1ccccc1CN1CCN(c2ccc(C3CC3)nn2)CC1. The largest absolute Gasteiger partial charge is 0.353 e. The van der Waals surface area contributed by atoms with Crippen LogP contribution in [0.2, 0.25) is 0 Å². The van der Waals surface area contributed by atoms with Gasteiger partial charge in [0.2, 0.25) is 0 Å². The summed E-state index contributed by atoms with van der Waals surface area (Å²) < 4.78 is 1.20. The molecule has 4 nitrogen and oxygen atoms in total. The summed E-state index contributed by atoms with van der Waals surface area (Å²) in [5, 5.41) is 8.84. The minimum atomic E-state index is 0.678. The molecule has 1 aliphatic heterocycles. The Morgan fingerprint density at radius 1 is 0.957 bits per heavy atom. The number of piperazine rings is 1. The zero-order valence-corrected chi connectivity index (χ0v) is 14.7. The average molecular weight is 373 g/mol. The molecule has 0 unspecified atom stereocenters. The van der Waals surface area contributed by atoms with Crippen LogP contribution in [0.4, 0.5) is 5.82 Å². The molecule has 2 heterocycles. The Morgan fingerprint density at radius 3 is 2.39 bits per heavy atom. The second-order valence-corrected chi connectivity index (χ2v) is 7.30. The molecule has 4 rings (SSSR count). The van der Waals surface area contributed by atoms with Gasteiger partial charge in [-0.05, 0) is 36.6 Å². The number of benzene rings is 1. The molecule has 1 aliphatic carbocycles. The molecule has 23 heavy (non-hydrogen) atoms. The van der Waals surface area contributed by atoms with Crippen LogP contribution in [0.1, 0.15) is 30.0 Å². The highest BCUT2D eigenvalue weighted by molar-refractivity contribution is 9.10. The van der Waals surface area contributed by atoms with Crippen LogP contribution in [-0.2, 0) is 6.54 Å². The van der Waals surface area contributed by atoms with E-state index in [2.05, 4.69) is 72.3 Å². The van der Waals surface area contributed by atoms with Crippen molar-refractivity contribution in [3.05, 3.63) is 52.1 Å². The molecule has 2 aliphatic rings. The first-order valence-electron chi connectivity index (χ1n) is 8.34. The smallest absolute Gasteiger partial charge is 0.151 e. The zero-order chi connectivity index (χ0) is 15.6. The monoisotopic (exact) mass is 372 g/mol. The molecule has 0 atom stereocenters. The Bertz CT molecular complexity index is 661. The normalized spacial score (nSPS) is 19.1. The first kappa shape index (κ1) is 15.1. The first-order valence-corrected chi connectivity index (χ1v) is 9.13. The van der Waals surface area contributed by atoms with Gasteiger partial charge in [0, 0.05) is 43.1 Å². The third kappa shape index (κ3) is 3.56. The van der Waals surface area contributed by atoms with Crippen molar-refractivity contribution in [2.45, 2.75) is 25.3 Å². The molecule has 1 aromatic carbocycles. The minimum absolute atomic E-state index is 0.678.